The number of benzene rings is 2. The highest BCUT2D eigenvalue weighted by Gasteiger charge is 2.35. The van der Waals surface area contributed by atoms with Gasteiger partial charge in [0.15, 0.2) is 0 Å². The van der Waals surface area contributed by atoms with E-state index in [1.54, 1.807) is 36.4 Å². The van der Waals surface area contributed by atoms with Crippen molar-refractivity contribution in [1.29, 1.82) is 0 Å². The lowest BCUT2D eigenvalue weighted by Gasteiger charge is -2.19. The van der Waals surface area contributed by atoms with Crippen LogP contribution in [0, 0.1) is 5.82 Å². The number of hydrogen-bond acceptors (Lipinski definition) is 4. The third-order valence-electron chi connectivity index (χ3n) is 3.66. The van der Waals surface area contributed by atoms with Crippen LogP contribution in [-0.2, 0) is 0 Å². The average Bonchev–Trinajstić information content (AvgIpc) is 2.80. The Morgan fingerprint density at radius 1 is 1.00 bits per heavy atom. The summed E-state index contributed by atoms with van der Waals surface area (Å²) in [6.07, 6.45) is -0.928. The molecule has 1 aliphatic rings. The maximum Gasteiger partial charge on any atom is 0.261 e. The molecule has 1 heterocycles. The topological polar surface area (TPSA) is 69.6 Å². The Hall–Kier alpha value is -2.73. The summed E-state index contributed by atoms with van der Waals surface area (Å²) >= 11 is 0. The van der Waals surface area contributed by atoms with Gasteiger partial charge in [-0.2, -0.15) is 0 Å². The minimum absolute atomic E-state index is 0.0967. The second kappa shape index (κ2) is 6.18. The van der Waals surface area contributed by atoms with Crippen molar-refractivity contribution in [3.05, 3.63) is 65.5 Å². The third-order valence-corrected chi connectivity index (χ3v) is 3.66. The van der Waals surface area contributed by atoms with E-state index in [4.69, 9.17) is 0 Å². The van der Waals surface area contributed by atoms with Crippen molar-refractivity contribution in [1.82, 2.24) is 4.90 Å². The van der Waals surface area contributed by atoms with Crippen LogP contribution in [0.5, 0.6) is 0 Å². The Bertz CT molecular complexity index is 711. The van der Waals surface area contributed by atoms with Gasteiger partial charge in [0.1, 0.15) is 5.82 Å². The van der Waals surface area contributed by atoms with Gasteiger partial charge >= 0.3 is 0 Å². The van der Waals surface area contributed by atoms with Crippen LogP contribution in [0.2, 0.25) is 0 Å². The molecule has 2 N–H and O–H groups in total. The summed E-state index contributed by atoms with van der Waals surface area (Å²) in [6, 6.07) is 12.3. The summed E-state index contributed by atoms with van der Waals surface area (Å²) < 4.78 is 12.8. The van der Waals surface area contributed by atoms with Gasteiger partial charge in [-0.05, 0) is 36.4 Å². The van der Waals surface area contributed by atoms with Crippen LogP contribution in [-0.4, -0.2) is 41.0 Å². The maximum atomic E-state index is 12.8. The number of β-amino-alcohol motifs (C(OH)–C–C–N with tert-alkyl or cyclic N) is 1. The van der Waals surface area contributed by atoms with E-state index < -0.39 is 17.9 Å². The van der Waals surface area contributed by atoms with Gasteiger partial charge in [-0.25, -0.2) is 4.39 Å². The van der Waals surface area contributed by atoms with Crippen LogP contribution < -0.4 is 5.32 Å². The molecule has 2 aromatic rings. The number of fused-ring (bicyclic) bond motifs is 1. The molecular formula is C17H15FN2O3. The number of rotatable bonds is 5. The third kappa shape index (κ3) is 3.07. The first kappa shape index (κ1) is 15.2. The van der Waals surface area contributed by atoms with E-state index in [1.807, 2.05) is 0 Å². The van der Waals surface area contributed by atoms with E-state index in [2.05, 4.69) is 5.32 Å². The number of carbonyl (C=O) groups is 2. The van der Waals surface area contributed by atoms with Crippen molar-refractivity contribution < 1.29 is 19.1 Å². The first-order valence-corrected chi connectivity index (χ1v) is 7.19. The minimum atomic E-state index is -0.928. The molecule has 1 atom stereocenters. The van der Waals surface area contributed by atoms with Crippen molar-refractivity contribution >= 4 is 17.5 Å². The molecule has 5 nitrogen and oxygen atoms in total. The van der Waals surface area contributed by atoms with Crippen LogP contribution >= 0.6 is 0 Å². The quantitative estimate of drug-likeness (QED) is 0.827. The van der Waals surface area contributed by atoms with Crippen LogP contribution in [0.1, 0.15) is 20.7 Å². The van der Waals surface area contributed by atoms with Gasteiger partial charge < -0.3 is 10.4 Å². The molecule has 2 amide bonds. The van der Waals surface area contributed by atoms with Gasteiger partial charge in [-0.1, -0.05) is 12.1 Å². The lowest BCUT2D eigenvalue weighted by Crippen LogP contribution is -2.39. The Morgan fingerprint density at radius 3 is 2.13 bits per heavy atom. The molecule has 0 radical (unpaired) electrons. The fourth-order valence-corrected chi connectivity index (χ4v) is 2.48. The van der Waals surface area contributed by atoms with Gasteiger partial charge in [-0.3, -0.25) is 14.5 Å². The predicted molar refractivity (Wildman–Crippen MR) is 82.7 cm³/mol. The lowest BCUT2D eigenvalue weighted by atomic mass is 10.1. The number of nitrogens with one attached hydrogen (secondary N) is 1. The Balaban J connectivity index is 1.60. The van der Waals surface area contributed by atoms with Gasteiger partial charge in [0.05, 0.1) is 23.8 Å². The van der Waals surface area contributed by atoms with E-state index in [0.29, 0.717) is 16.8 Å². The fraction of sp³-hybridized carbons (Fsp3) is 0.176. The van der Waals surface area contributed by atoms with E-state index >= 15 is 0 Å². The molecule has 0 saturated carbocycles. The number of carbonyl (C=O) groups excluding carboxylic acids is 2. The van der Waals surface area contributed by atoms with Crippen molar-refractivity contribution in [3.8, 4) is 0 Å². The van der Waals surface area contributed by atoms with Gasteiger partial charge in [-0.15, -0.1) is 0 Å². The summed E-state index contributed by atoms with van der Waals surface area (Å²) in [4.78, 5) is 25.4. The Kier molecular flexibility index (Phi) is 4.08. The zero-order valence-corrected chi connectivity index (χ0v) is 12.2. The first-order chi connectivity index (χ1) is 11.1. The predicted octanol–water partition coefficient (Wildman–Crippen LogP) is 1.89. The molecule has 118 valence electrons. The van der Waals surface area contributed by atoms with E-state index in [9.17, 15) is 19.1 Å². The minimum Gasteiger partial charge on any atom is -0.389 e. The molecule has 23 heavy (non-hydrogen) atoms. The van der Waals surface area contributed by atoms with Gasteiger partial charge in [0.2, 0.25) is 0 Å². The summed E-state index contributed by atoms with van der Waals surface area (Å²) in [5.41, 5.74) is 1.36. The molecule has 0 aliphatic carbocycles. The molecule has 0 aromatic heterocycles. The lowest BCUT2D eigenvalue weighted by molar-refractivity contribution is 0.0558. The average molecular weight is 314 g/mol. The van der Waals surface area contributed by atoms with Crippen molar-refractivity contribution in [2.45, 2.75) is 6.10 Å². The molecule has 6 heteroatoms. The van der Waals surface area contributed by atoms with Gasteiger partial charge in [0, 0.05) is 12.2 Å². The molecule has 2 aromatic carbocycles. The fourth-order valence-electron chi connectivity index (χ4n) is 2.48. The molecular weight excluding hydrogens is 299 g/mol. The smallest absolute Gasteiger partial charge is 0.261 e. The van der Waals surface area contributed by atoms with Crippen molar-refractivity contribution in [3.63, 3.8) is 0 Å². The SMILES string of the molecule is O=C1c2ccccc2C(=O)N1CC(O)CNc1ccc(F)cc1. The maximum absolute atomic E-state index is 12.8. The van der Waals surface area contributed by atoms with Crippen LogP contribution in [0.3, 0.4) is 0 Å². The summed E-state index contributed by atoms with van der Waals surface area (Å²) in [6.45, 7) is 0.0412. The summed E-state index contributed by atoms with van der Waals surface area (Å²) in [5.74, 6) is -1.14. The summed E-state index contributed by atoms with van der Waals surface area (Å²) in [7, 11) is 0. The second-order valence-corrected chi connectivity index (χ2v) is 5.31. The van der Waals surface area contributed by atoms with E-state index in [1.165, 1.54) is 12.1 Å². The number of nitrogens with zero attached hydrogens (tertiary/aromatic N) is 1. The van der Waals surface area contributed by atoms with E-state index in [-0.39, 0.29) is 18.9 Å². The highest BCUT2D eigenvalue weighted by molar-refractivity contribution is 6.21. The number of hydrogen-bond donors (Lipinski definition) is 2. The standard InChI is InChI=1S/C17H15FN2O3/c18-11-5-7-12(8-6-11)19-9-13(21)10-20-16(22)14-3-1-2-4-15(14)17(20)23/h1-8,13,19,21H,9-10H2. The molecule has 1 unspecified atom stereocenters. The zero-order chi connectivity index (χ0) is 16.4. The second-order valence-electron chi connectivity index (χ2n) is 5.31. The molecule has 0 spiro atoms. The summed E-state index contributed by atoms with van der Waals surface area (Å²) in [5, 5.41) is 13.0. The van der Waals surface area contributed by atoms with Crippen molar-refractivity contribution in [2.75, 3.05) is 18.4 Å². The normalized spacial score (nSPS) is 14.8. The van der Waals surface area contributed by atoms with Crippen LogP contribution in [0.15, 0.2) is 48.5 Å². The number of aliphatic hydroxyl groups is 1. The number of imide groups is 1. The highest BCUT2D eigenvalue weighted by Crippen LogP contribution is 2.22. The molecule has 0 fully saturated rings. The molecule has 0 bridgehead atoms. The highest BCUT2D eigenvalue weighted by atomic mass is 19.1. The van der Waals surface area contributed by atoms with Gasteiger partial charge in [0.25, 0.3) is 11.8 Å². The molecule has 3 rings (SSSR count). The zero-order valence-electron chi connectivity index (χ0n) is 12.2. The number of aliphatic hydroxyl groups excluding tert-OH is 1. The number of anilines is 1. The first-order valence-electron chi connectivity index (χ1n) is 7.19. The number of amides is 2. The molecule has 1 aliphatic heterocycles. The van der Waals surface area contributed by atoms with Crippen LogP contribution in [0.25, 0.3) is 0 Å². The Morgan fingerprint density at radius 2 is 1.57 bits per heavy atom. The molecule has 0 saturated heterocycles. The largest absolute Gasteiger partial charge is 0.389 e. The van der Waals surface area contributed by atoms with Crippen LogP contribution in [0.4, 0.5) is 10.1 Å². The Labute approximate surface area is 132 Å². The van der Waals surface area contributed by atoms with Crippen molar-refractivity contribution in [2.24, 2.45) is 0 Å². The monoisotopic (exact) mass is 314 g/mol. The van der Waals surface area contributed by atoms with E-state index in [0.717, 1.165) is 4.90 Å². The number of halogens is 1.